The molecule has 1 aliphatic heterocycles. The molecule has 1 heterocycles. The lowest BCUT2D eigenvalue weighted by Crippen LogP contribution is -2.47. The fraction of sp³-hybridized carbons (Fsp3) is 0.548. The number of benzene rings is 2. The minimum absolute atomic E-state index is 0.00667. The number of rotatable bonds is 14. The number of anilines is 3. The Hall–Kier alpha value is -3.22. The van der Waals surface area contributed by atoms with E-state index in [0.29, 0.717) is 30.1 Å². The van der Waals surface area contributed by atoms with Crippen molar-refractivity contribution in [3.05, 3.63) is 48.0 Å². The number of amides is 2. The van der Waals surface area contributed by atoms with E-state index >= 15 is 0 Å². The Bertz CT molecular complexity index is 1030. The number of para-hydroxylation sites is 2. The van der Waals surface area contributed by atoms with Crippen molar-refractivity contribution in [3.8, 4) is 5.75 Å². The first-order valence-corrected chi connectivity index (χ1v) is 14.3. The third-order valence-corrected chi connectivity index (χ3v) is 7.00. The minimum Gasteiger partial charge on any atom is -0.495 e. The van der Waals surface area contributed by atoms with Gasteiger partial charge < -0.3 is 25.2 Å². The normalized spacial score (nSPS) is 13.5. The zero-order valence-corrected chi connectivity index (χ0v) is 23.7. The molecule has 2 aromatic rings. The SMILES string of the molecule is CCCCCCCCC(=O)Nc1ccc(N2CCN(c3ccccc3OC)CC2)c(C(=O)NCC(C)C)c1. The lowest BCUT2D eigenvalue weighted by atomic mass is 10.1. The highest BCUT2D eigenvalue weighted by atomic mass is 16.5. The Kier molecular flexibility index (Phi) is 11.8. The predicted octanol–water partition coefficient (Wildman–Crippen LogP) is 6.10. The van der Waals surface area contributed by atoms with Crippen LogP contribution < -0.4 is 25.2 Å². The Labute approximate surface area is 228 Å². The first-order chi connectivity index (χ1) is 18.4. The molecule has 1 fully saturated rings. The molecule has 1 aliphatic rings. The number of nitrogens with one attached hydrogen (secondary N) is 2. The van der Waals surface area contributed by atoms with Crippen LogP contribution in [0.2, 0.25) is 0 Å². The molecule has 0 atom stereocenters. The molecule has 1 saturated heterocycles. The maximum Gasteiger partial charge on any atom is 0.253 e. The Morgan fingerprint density at radius 3 is 2.24 bits per heavy atom. The van der Waals surface area contributed by atoms with Gasteiger partial charge in [0.1, 0.15) is 5.75 Å². The number of carbonyl (C=O) groups excluding carboxylic acids is 2. The van der Waals surface area contributed by atoms with E-state index in [4.69, 9.17) is 4.74 Å². The monoisotopic (exact) mass is 522 g/mol. The molecule has 2 amide bonds. The summed E-state index contributed by atoms with van der Waals surface area (Å²) in [6.07, 6.45) is 7.38. The van der Waals surface area contributed by atoms with Gasteiger partial charge in [0.15, 0.2) is 0 Å². The van der Waals surface area contributed by atoms with Gasteiger partial charge in [0.2, 0.25) is 5.91 Å². The van der Waals surface area contributed by atoms with Crippen molar-refractivity contribution in [2.24, 2.45) is 5.92 Å². The van der Waals surface area contributed by atoms with Crippen LogP contribution in [0.5, 0.6) is 5.75 Å². The summed E-state index contributed by atoms with van der Waals surface area (Å²) in [4.78, 5) is 30.4. The number of piperazine rings is 1. The molecule has 0 saturated carbocycles. The van der Waals surface area contributed by atoms with Gasteiger partial charge in [-0.3, -0.25) is 9.59 Å². The second-order valence-electron chi connectivity index (χ2n) is 10.5. The molecular formula is C31H46N4O3. The van der Waals surface area contributed by atoms with Crippen LogP contribution in [0.3, 0.4) is 0 Å². The number of carbonyl (C=O) groups is 2. The molecular weight excluding hydrogens is 476 g/mol. The van der Waals surface area contributed by atoms with E-state index < -0.39 is 0 Å². The van der Waals surface area contributed by atoms with E-state index in [2.05, 4.69) is 47.3 Å². The van der Waals surface area contributed by atoms with Gasteiger partial charge in [-0.2, -0.15) is 0 Å². The smallest absolute Gasteiger partial charge is 0.253 e. The van der Waals surface area contributed by atoms with Crippen molar-refractivity contribution >= 4 is 28.9 Å². The minimum atomic E-state index is -0.104. The molecule has 0 aromatic heterocycles. The number of nitrogens with zero attached hydrogens (tertiary/aromatic N) is 2. The van der Waals surface area contributed by atoms with Crippen LogP contribution in [0, 0.1) is 5.92 Å². The van der Waals surface area contributed by atoms with Crippen LogP contribution in [-0.4, -0.2) is 51.6 Å². The molecule has 0 spiro atoms. The van der Waals surface area contributed by atoms with Gasteiger partial charge in [-0.15, -0.1) is 0 Å². The molecule has 7 heteroatoms. The van der Waals surface area contributed by atoms with Crippen molar-refractivity contribution < 1.29 is 14.3 Å². The fourth-order valence-corrected chi connectivity index (χ4v) is 4.83. The lowest BCUT2D eigenvalue weighted by Gasteiger charge is -2.38. The number of ether oxygens (including phenoxy) is 1. The molecule has 3 rings (SSSR count). The van der Waals surface area contributed by atoms with Gasteiger partial charge in [-0.25, -0.2) is 0 Å². The summed E-state index contributed by atoms with van der Waals surface area (Å²) < 4.78 is 5.56. The standard InChI is InChI=1S/C31H46N4O3/c1-5-6-7-8-9-10-15-30(36)33-25-16-17-27(26(22-25)31(37)32-23-24(2)3)34-18-20-35(21-19-34)28-13-11-12-14-29(28)38-4/h11-14,16-17,22,24H,5-10,15,18-21,23H2,1-4H3,(H,32,37)(H,33,36). The van der Waals surface area contributed by atoms with Crippen molar-refractivity contribution in [2.45, 2.75) is 65.7 Å². The zero-order chi connectivity index (χ0) is 27.3. The summed E-state index contributed by atoms with van der Waals surface area (Å²) in [7, 11) is 1.70. The largest absolute Gasteiger partial charge is 0.495 e. The molecule has 0 bridgehead atoms. The van der Waals surface area contributed by atoms with Gasteiger partial charge in [-0.1, -0.05) is 65.0 Å². The number of methoxy groups -OCH3 is 1. The Morgan fingerprint density at radius 2 is 1.55 bits per heavy atom. The summed E-state index contributed by atoms with van der Waals surface area (Å²) in [5.41, 5.74) is 3.27. The number of unbranched alkanes of at least 4 members (excludes halogenated alkanes) is 5. The summed E-state index contributed by atoms with van der Waals surface area (Å²) in [6.45, 7) is 10.2. The summed E-state index contributed by atoms with van der Waals surface area (Å²) in [6, 6.07) is 13.8. The van der Waals surface area contributed by atoms with Gasteiger partial charge in [0.05, 0.1) is 18.4 Å². The number of hydrogen-bond donors (Lipinski definition) is 2. The van der Waals surface area contributed by atoms with Crippen molar-refractivity contribution in [1.82, 2.24) is 5.32 Å². The quantitative estimate of drug-likeness (QED) is 0.294. The topological polar surface area (TPSA) is 73.9 Å². The zero-order valence-electron chi connectivity index (χ0n) is 23.7. The van der Waals surface area contributed by atoms with Gasteiger partial charge in [0.25, 0.3) is 5.91 Å². The molecule has 38 heavy (non-hydrogen) atoms. The van der Waals surface area contributed by atoms with Crippen LogP contribution >= 0.6 is 0 Å². The first-order valence-electron chi connectivity index (χ1n) is 14.3. The maximum atomic E-state index is 13.2. The fourth-order valence-electron chi connectivity index (χ4n) is 4.83. The summed E-state index contributed by atoms with van der Waals surface area (Å²) in [5, 5.41) is 6.08. The van der Waals surface area contributed by atoms with Gasteiger partial charge >= 0.3 is 0 Å². The molecule has 0 unspecified atom stereocenters. The average molecular weight is 523 g/mol. The highest BCUT2D eigenvalue weighted by Gasteiger charge is 2.24. The van der Waals surface area contributed by atoms with Crippen molar-refractivity contribution in [3.63, 3.8) is 0 Å². The second-order valence-corrected chi connectivity index (χ2v) is 10.5. The molecule has 2 aromatic carbocycles. The lowest BCUT2D eigenvalue weighted by molar-refractivity contribution is -0.116. The Balaban J connectivity index is 1.67. The van der Waals surface area contributed by atoms with Crippen LogP contribution in [0.25, 0.3) is 0 Å². The van der Waals surface area contributed by atoms with Gasteiger partial charge in [-0.05, 0) is 42.7 Å². The highest BCUT2D eigenvalue weighted by molar-refractivity contribution is 6.02. The molecule has 7 nitrogen and oxygen atoms in total. The van der Waals surface area contributed by atoms with E-state index in [1.807, 2.05) is 36.4 Å². The summed E-state index contributed by atoms with van der Waals surface area (Å²) >= 11 is 0. The average Bonchev–Trinajstić information content (AvgIpc) is 2.93. The van der Waals surface area contributed by atoms with E-state index in [1.54, 1.807) is 7.11 Å². The van der Waals surface area contributed by atoms with E-state index in [0.717, 1.165) is 56.1 Å². The second kappa shape index (κ2) is 15.3. The molecule has 0 aliphatic carbocycles. The van der Waals surface area contributed by atoms with E-state index in [1.165, 1.54) is 25.7 Å². The third kappa shape index (κ3) is 8.67. The number of hydrogen-bond acceptors (Lipinski definition) is 5. The van der Waals surface area contributed by atoms with Gasteiger partial charge in [0, 0.05) is 50.5 Å². The van der Waals surface area contributed by atoms with Crippen molar-refractivity contribution in [1.29, 1.82) is 0 Å². The van der Waals surface area contributed by atoms with Crippen molar-refractivity contribution in [2.75, 3.05) is 55.0 Å². The van der Waals surface area contributed by atoms with Crippen LogP contribution in [0.1, 0.15) is 76.1 Å². The van der Waals surface area contributed by atoms with Crippen LogP contribution in [-0.2, 0) is 4.79 Å². The van der Waals surface area contributed by atoms with Crippen LogP contribution in [0.15, 0.2) is 42.5 Å². The van der Waals surface area contributed by atoms with E-state index in [-0.39, 0.29) is 11.8 Å². The highest BCUT2D eigenvalue weighted by Crippen LogP contribution is 2.31. The molecule has 0 radical (unpaired) electrons. The molecule has 208 valence electrons. The third-order valence-electron chi connectivity index (χ3n) is 7.00. The Morgan fingerprint density at radius 1 is 0.895 bits per heavy atom. The maximum absolute atomic E-state index is 13.2. The first kappa shape index (κ1) is 29.3. The predicted molar refractivity (Wildman–Crippen MR) is 158 cm³/mol. The molecule has 2 N–H and O–H groups in total. The van der Waals surface area contributed by atoms with E-state index in [9.17, 15) is 9.59 Å². The van der Waals surface area contributed by atoms with Crippen LogP contribution in [0.4, 0.5) is 17.1 Å². The summed E-state index contributed by atoms with van der Waals surface area (Å²) in [5.74, 6) is 1.13.